The Bertz CT molecular complexity index is 3090. The lowest BCUT2D eigenvalue weighted by molar-refractivity contribution is 0.669. The minimum absolute atomic E-state index is 0.247. The van der Waals surface area contributed by atoms with E-state index in [1.165, 1.54) is 33.4 Å². The van der Waals surface area contributed by atoms with E-state index in [-0.39, 0.29) is 5.41 Å². The number of aromatic nitrogens is 2. The van der Waals surface area contributed by atoms with Crippen molar-refractivity contribution in [3.8, 4) is 67.3 Å². The lowest BCUT2D eigenvalue weighted by Crippen LogP contribution is -2.22. The van der Waals surface area contributed by atoms with Crippen LogP contribution in [-0.4, -0.2) is 9.97 Å². The number of hydrogen-bond acceptors (Lipinski definition) is 3. The van der Waals surface area contributed by atoms with Crippen LogP contribution >= 0.6 is 0 Å². The Balaban J connectivity index is 0.992. The van der Waals surface area contributed by atoms with Crippen LogP contribution < -0.4 is 0 Å². The van der Waals surface area contributed by atoms with Gasteiger partial charge in [-0.15, -0.1) is 0 Å². The Morgan fingerprint density at radius 3 is 1.72 bits per heavy atom. The molecular weight excluding hydrogens is 693 g/mol. The first-order chi connectivity index (χ1) is 28.1. The van der Waals surface area contributed by atoms with E-state index in [2.05, 4.69) is 177 Å². The van der Waals surface area contributed by atoms with Crippen molar-refractivity contribution in [3.63, 3.8) is 0 Å². The normalized spacial score (nSPS) is 12.8. The number of rotatable bonds is 6. The predicted octanol–water partition coefficient (Wildman–Crippen LogP) is 14.0. The highest BCUT2D eigenvalue weighted by atomic mass is 16.3. The molecule has 0 aliphatic heterocycles. The maximum atomic E-state index is 6.16. The van der Waals surface area contributed by atoms with E-state index in [0.29, 0.717) is 5.82 Å². The Morgan fingerprint density at radius 1 is 0.368 bits per heavy atom. The highest BCUT2D eigenvalue weighted by Crippen LogP contribution is 2.52. The third kappa shape index (κ3) is 5.43. The van der Waals surface area contributed by atoms with Gasteiger partial charge in [0.25, 0.3) is 0 Å². The number of benzene rings is 8. The van der Waals surface area contributed by atoms with E-state index in [4.69, 9.17) is 14.4 Å². The van der Waals surface area contributed by atoms with Crippen LogP contribution in [0.1, 0.15) is 23.6 Å². The van der Waals surface area contributed by atoms with Crippen molar-refractivity contribution in [2.75, 3.05) is 0 Å². The van der Waals surface area contributed by atoms with Crippen molar-refractivity contribution >= 4 is 21.9 Å². The molecule has 10 aromatic rings. The fourth-order valence-corrected chi connectivity index (χ4v) is 8.91. The van der Waals surface area contributed by atoms with E-state index < -0.39 is 0 Å². The standard InChI is InChI=1S/C54H36N2O/c1-54(47-23-10-7-19-42(47)43-20-8-11-24-48(43)54)40-17-13-16-38(32-40)35-26-28-36(29-27-35)49-34-50(56-53(55-49)37-14-3-2-4-15-37)44-21-6-5-18-41(44)39-30-31-52-46(33-39)45-22-9-12-25-51(45)57-52/h2-34H,1H3. The molecule has 11 rings (SSSR count). The molecule has 1 aliphatic carbocycles. The van der Waals surface area contributed by atoms with Crippen LogP contribution in [-0.2, 0) is 5.41 Å². The molecule has 0 saturated heterocycles. The SMILES string of the molecule is CC1(c2cccc(-c3ccc(-c4cc(-c5ccccc5-c5ccc6oc7ccccc7c6c5)nc(-c5ccccc5)n4)cc3)c2)c2ccccc2-c2ccccc21. The van der Waals surface area contributed by atoms with Crippen LogP contribution in [0.5, 0.6) is 0 Å². The van der Waals surface area contributed by atoms with E-state index in [9.17, 15) is 0 Å². The molecule has 1 aliphatic rings. The zero-order valence-corrected chi connectivity index (χ0v) is 31.4. The van der Waals surface area contributed by atoms with Crippen LogP contribution in [0.15, 0.2) is 205 Å². The van der Waals surface area contributed by atoms with Gasteiger partial charge >= 0.3 is 0 Å². The quantitative estimate of drug-likeness (QED) is 0.171. The summed E-state index contributed by atoms with van der Waals surface area (Å²) >= 11 is 0. The maximum Gasteiger partial charge on any atom is 0.160 e. The van der Waals surface area contributed by atoms with Crippen molar-refractivity contribution in [2.45, 2.75) is 12.3 Å². The van der Waals surface area contributed by atoms with Gasteiger partial charge in [-0.1, -0.05) is 170 Å². The van der Waals surface area contributed by atoms with Gasteiger partial charge in [-0.2, -0.15) is 0 Å². The number of furan rings is 1. The molecule has 0 spiro atoms. The Morgan fingerprint density at radius 2 is 0.947 bits per heavy atom. The first kappa shape index (κ1) is 33.0. The summed E-state index contributed by atoms with van der Waals surface area (Å²) in [7, 11) is 0. The summed E-state index contributed by atoms with van der Waals surface area (Å²) in [5.74, 6) is 0.691. The molecule has 0 N–H and O–H groups in total. The third-order valence-electron chi connectivity index (χ3n) is 11.8. The molecule has 0 fully saturated rings. The summed E-state index contributed by atoms with van der Waals surface area (Å²) in [4.78, 5) is 10.4. The van der Waals surface area contributed by atoms with E-state index in [1.54, 1.807) is 0 Å². The average Bonchev–Trinajstić information content (AvgIpc) is 3.79. The van der Waals surface area contributed by atoms with Crippen molar-refractivity contribution in [1.82, 2.24) is 9.97 Å². The first-order valence-corrected chi connectivity index (χ1v) is 19.5. The van der Waals surface area contributed by atoms with Crippen molar-refractivity contribution in [3.05, 3.63) is 217 Å². The molecule has 57 heavy (non-hydrogen) atoms. The van der Waals surface area contributed by atoms with Gasteiger partial charge in [0.05, 0.1) is 11.4 Å². The monoisotopic (exact) mass is 728 g/mol. The topological polar surface area (TPSA) is 38.9 Å². The molecule has 0 bridgehead atoms. The van der Waals surface area contributed by atoms with E-state index >= 15 is 0 Å². The lowest BCUT2D eigenvalue weighted by Gasteiger charge is -2.28. The lowest BCUT2D eigenvalue weighted by atomic mass is 9.74. The van der Waals surface area contributed by atoms with Crippen molar-refractivity contribution in [1.29, 1.82) is 0 Å². The molecule has 0 saturated carbocycles. The average molecular weight is 729 g/mol. The predicted molar refractivity (Wildman–Crippen MR) is 234 cm³/mol. The fraction of sp³-hybridized carbons (Fsp3) is 0.0370. The molecule has 8 aromatic carbocycles. The van der Waals surface area contributed by atoms with Crippen LogP contribution in [0.2, 0.25) is 0 Å². The smallest absolute Gasteiger partial charge is 0.160 e. The fourth-order valence-electron chi connectivity index (χ4n) is 8.91. The van der Waals surface area contributed by atoms with Gasteiger partial charge < -0.3 is 4.42 Å². The van der Waals surface area contributed by atoms with Gasteiger partial charge in [-0.25, -0.2) is 9.97 Å². The number of fused-ring (bicyclic) bond motifs is 6. The summed E-state index contributed by atoms with van der Waals surface area (Å²) < 4.78 is 6.16. The maximum absolute atomic E-state index is 6.16. The summed E-state index contributed by atoms with van der Waals surface area (Å²) in [5, 5.41) is 2.21. The summed E-state index contributed by atoms with van der Waals surface area (Å²) in [6.07, 6.45) is 0. The minimum atomic E-state index is -0.247. The molecule has 2 heterocycles. The van der Waals surface area contributed by atoms with Gasteiger partial charge in [-0.3, -0.25) is 0 Å². The zero-order chi connectivity index (χ0) is 37.9. The second-order valence-electron chi connectivity index (χ2n) is 15.1. The minimum Gasteiger partial charge on any atom is -0.456 e. The van der Waals surface area contributed by atoms with Crippen LogP contribution in [0.4, 0.5) is 0 Å². The van der Waals surface area contributed by atoms with Crippen molar-refractivity contribution in [2.24, 2.45) is 0 Å². The molecule has 0 amide bonds. The summed E-state index contributed by atoms with van der Waals surface area (Å²) in [6.45, 7) is 2.37. The Hall–Kier alpha value is -7.36. The number of para-hydroxylation sites is 1. The zero-order valence-electron chi connectivity index (χ0n) is 31.4. The molecular formula is C54H36N2O. The van der Waals surface area contributed by atoms with Crippen LogP contribution in [0.3, 0.4) is 0 Å². The molecule has 0 unspecified atom stereocenters. The van der Waals surface area contributed by atoms with Crippen molar-refractivity contribution < 1.29 is 4.42 Å². The molecule has 3 nitrogen and oxygen atoms in total. The molecule has 268 valence electrons. The van der Waals surface area contributed by atoms with Gasteiger partial charge in [0.2, 0.25) is 0 Å². The highest BCUT2D eigenvalue weighted by molar-refractivity contribution is 6.06. The van der Waals surface area contributed by atoms with E-state index in [0.717, 1.165) is 66.7 Å². The number of hydrogen-bond donors (Lipinski definition) is 0. The van der Waals surface area contributed by atoms with Gasteiger partial charge in [0.1, 0.15) is 11.2 Å². The second kappa shape index (κ2) is 13.1. The highest BCUT2D eigenvalue weighted by Gasteiger charge is 2.40. The van der Waals surface area contributed by atoms with Gasteiger partial charge in [0, 0.05) is 32.9 Å². The molecule has 3 heteroatoms. The largest absolute Gasteiger partial charge is 0.456 e. The van der Waals surface area contributed by atoms with Gasteiger partial charge in [0.15, 0.2) is 5.82 Å². The third-order valence-corrected chi connectivity index (χ3v) is 11.8. The van der Waals surface area contributed by atoms with E-state index in [1.807, 2.05) is 30.3 Å². The number of nitrogens with zero attached hydrogens (tertiary/aromatic N) is 2. The second-order valence-corrected chi connectivity index (χ2v) is 15.1. The summed E-state index contributed by atoms with van der Waals surface area (Å²) in [5.41, 5.74) is 17.5. The molecule has 0 atom stereocenters. The summed E-state index contributed by atoms with van der Waals surface area (Å²) in [6, 6.07) is 71.1. The van der Waals surface area contributed by atoms with Crippen LogP contribution in [0.25, 0.3) is 89.2 Å². The first-order valence-electron chi connectivity index (χ1n) is 19.5. The van der Waals surface area contributed by atoms with Gasteiger partial charge in [-0.05, 0) is 87.3 Å². The molecule has 2 aromatic heterocycles. The van der Waals surface area contributed by atoms with Crippen LogP contribution in [0, 0.1) is 0 Å². The Kier molecular flexibility index (Phi) is 7.61. The Labute approximate surface area is 331 Å². The molecule has 0 radical (unpaired) electrons.